The lowest BCUT2D eigenvalue weighted by atomic mass is 10.1. The van der Waals surface area contributed by atoms with Gasteiger partial charge in [0.25, 0.3) is 0 Å². The number of nitro groups is 1. The number of aryl methyl sites for hydroxylation is 1. The maximum absolute atomic E-state index is 13.6. The van der Waals surface area contributed by atoms with Gasteiger partial charge < -0.3 is 5.32 Å². The Hall–Kier alpha value is -2.21. The van der Waals surface area contributed by atoms with Gasteiger partial charge in [-0.1, -0.05) is 11.6 Å². The molecule has 0 heterocycles. The maximum Gasteiger partial charge on any atom is 0.305 e. The quantitative estimate of drug-likeness (QED) is 0.670. The van der Waals surface area contributed by atoms with Gasteiger partial charge >= 0.3 is 5.69 Å². The third-order valence-electron chi connectivity index (χ3n) is 2.97. The average molecular weight is 313 g/mol. The molecule has 2 rings (SSSR count). The minimum atomic E-state index is -1.19. The lowest BCUT2D eigenvalue weighted by molar-refractivity contribution is -0.387. The molecule has 0 radical (unpaired) electrons. The first-order valence-corrected chi connectivity index (χ1v) is 6.38. The van der Waals surface area contributed by atoms with E-state index in [0.717, 1.165) is 11.6 Å². The van der Waals surface area contributed by atoms with E-state index < -0.39 is 22.2 Å². The van der Waals surface area contributed by atoms with Gasteiger partial charge in [0, 0.05) is 35.0 Å². The molecule has 0 fully saturated rings. The molecule has 0 saturated carbocycles. The highest BCUT2D eigenvalue weighted by atomic mass is 35.5. The molecule has 2 aromatic rings. The minimum Gasteiger partial charge on any atom is -0.381 e. The molecular weight excluding hydrogens is 302 g/mol. The van der Waals surface area contributed by atoms with Gasteiger partial charge in [-0.05, 0) is 30.7 Å². The van der Waals surface area contributed by atoms with Gasteiger partial charge in [-0.3, -0.25) is 10.1 Å². The van der Waals surface area contributed by atoms with E-state index >= 15 is 0 Å². The van der Waals surface area contributed by atoms with Gasteiger partial charge in [0.15, 0.2) is 0 Å². The second-order valence-corrected chi connectivity index (χ2v) is 4.90. The van der Waals surface area contributed by atoms with Crippen molar-refractivity contribution in [2.24, 2.45) is 0 Å². The molecule has 7 heteroatoms. The van der Waals surface area contributed by atoms with Crippen LogP contribution < -0.4 is 5.32 Å². The Morgan fingerprint density at radius 2 is 1.95 bits per heavy atom. The average Bonchev–Trinajstić information content (AvgIpc) is 2.39. The van der Waals surface area contributed by atoms with Crippen molar-refractivity contribution in [3.8, 4) is 0 Å². The third-order valence-corrected chi connectivity index (χ3v) is 3.21. The van der Waals surface area contributed by atoms with Crippen LogP contribution in [-0.4, -0.2) is 4.92 Å². The summed E-state index contributed by atoms with van der Waals surface area (Å²) in [5.74, 6) is -2.03. The number of hydrogen-bond donors (Lipinski definition) is 1. The van der Waals surface area contributed by atoms with Crippen LogP contribution in [0, 0.1) is 28.7 Å². The minimum absolute atomic E-state index is 0.00454. The zero-order chi connectivity index (χ0) is 15.6. The van der Waals surface area contributed by atoms with Crippen LogP contribution in [0.1, 0.15) is 11.1 Å². The highest BCUT2D eigenvalue weighted by molar-refractivity contribution is 6.30. The summed E-state index contributed by atoms with van der Waals surface area (Å²) in [6, 6.07) is 6.52. The fourth-order valence-corrected chi connectivity index (χ4v) is 2.10. The molecule has 1 N–H and O–H groups in total. The number of rotatable bonds is 4. The zero-order valence-electron chi connectivity index (χ0n) is 11.0. The van der Waals surface area contributed by atoms with Gasteiger partial charge in [-0.15, -0.1) is 0 Å². The van der Waals surface area contributed by atoms with E-state index in [0.29, 0.717) is 16.8 Å². The number of hydrogen-bond acceptors (Lipinski definition) is 3. The Morgan fingerprint density at radius 1 is 1.24 bits per heavy atom. The summed E-state index contributed by atoms with van der Waals surface area (Å²) in [7, 11) is 0. The van der Waals surface area contributed by atoms with Gasteiger partial charge in [0.05, 0.1) is 4.92 Å². The molecular formula is C14H11ClF2N2O2. The third kappa shape index (κ3) is 3.46. The predicted octanol–water partition coefficient (Wildman–Crippen LogP) is 4.45. The van der Waals surface area contributed by atoms with Crippen molar-refractivity contribution < 1.29 is 13.7 Å². The van der Waals surface area contributed by atoms with Crippen molar-refractivity contribution in [1.82, 2.24) is 0 Å². The summed E-state index contributed by atoms with van der Waals surface area (Å²) in [5.41, 5.74) is 0.823. The highest BCUT2D eigenvalue weighted by Gasteiger charge is 2.18. The van der Waals surface area contributed by atoms with Crippen LogP contribution in [-0.2, 0) is 6.54 Å². The predicted molar refractivity (Wildman–Crippen MR) is 76.5 cm³/mol. The Bertz CT molecular complexity index is 708. The topological polar surface area (TPSA) is 55.2 Å². The van der Waals surface area contributed by atoms with Crippen LogP contribution in [0.5, 0.6) is 0 Å². The van der Waals surface area contributed by atoms with Gasteiger partial charge in [-0.2, -0.15) is 4.39 Å². The summed E-state index contributed by atoms with van der Waals surface area (Å²) in [4.78, 5) is 9.78. The number of nitrogens with one attached hydrogen (secondary N) is 1. The smallest absolute Gasteiger partial charge is 0.305 e. The lowest BCUT2D eigenvalue weighted by Gasteiger charge is -2.10. The van der Waals surface area contributed by atoms with E-state index in [1.54, 1.807) is 18.2 Å². The number of benzene rings is 2. The van der Waals surface area contributed by atoms with Crippen LogP contribution in [0.25, 0.3) is 0 Å². The molecule has 21 heavy (non-hydrogen) atoms. The van der Waals surface area contributed by atoms with E-state index in [1.807, 2.05) is 6.92 Å². The van der Waals surface area contributed by atoms with Crippen molar-refractivity contribution in [2.45, 2.75) is 13.5 Å². The normalized spacial score (nSPS) is 10.5. The second-order valence-electron chi connectivity index (χ2n) is 4.46. The summed E-state index contributed by atoms with van der Waals surface area (Å²) >= 11 is 5.83. The largest absolute Gasteiger partial charge is 0.381 e. The van der Waals surface area contributed by atoms with Crippen LogP contribution >= 0.6 is 11.6 Å². The molecule has 110 valence electrons. The SMILES string of the molecule is Cc1cc(Cl)ccc1NCc1cc([N+](=O)[O-])c(F)cc1F. The van der Waals surface area contributed by atoms with Crippen molar-refractivity contribution in [3.05, 3.63) is 68.2 Å². The second kappa shape index (κ2) is 6.05. The van der Waals surface area contributed by atoms with E-state index in [-0.39, 0.29) is 12.1 Å². The molecule has 0 spiro atoms. The Morgan fingerprint density at radius 3 is 2.57 bits per heavy atom. The van der Waals surface area contributed by atoms with Crippen LogP contribution in [0.4, 0.5) is 20.2 Å². The van der Waals surface area contributed by atoms with E-state index in [2.05, 4.69) is 5.32 Å². The summed E-state index contributed by atoms with van der Waals surface area (Å²) in [5, 5.41) is 14.2. The number of halogens is 3. The van der Waals surface area contributed by atoms with Crippen molar-refractivity contribution in [1.29, 1.82) is 0 Å². The maximum atomic E-state index is 13.6. The van der Waals surface area contributed by atoms with Crippen LogP contribution in [0.3, 0.4) is 0 Å². The van der Waals surface area contributed by atoms with E-state index in [4.69, 9.17) is 11.6 Å². The van der Waals surface area contributed by atoms with Gasteiger partial charge in [0.2, 0.25) is 5.82 Å². The molecule has 0 bridgehead atoms. The fourth-order valence-electron chi connectivity index (χ4n) is 1.87. The number of anilines is 1. The zero-order valence-corrected chi connectivity index (χ0v) is 11.7. The van der Waals surface area contributed by atoms with E-state index in [1.165, 1.54) is 0 Å². The first-order chi connectivity index (χ1) is 9.88. The molecule has 0 amide bonds. The standard InChI is InChI=1S/C14H11ClF2N2O2/c1-8-4-10(15)2-3-13(8)18-7-9-5-14(19(20)21)12(17)6-11(9)16/h2-6,18H,7H2,1H3. The number of nitrogens with zero attached hydrogens (tertiary/aromatic N) is 1. The molecule has 4 nitrogen and oxygen atoms in total. The fraction of sp³-hybridized carbons (Fsp3) is 0.143. The van der Waals surface area contributed by atoms with Crippen molar-refractivity contribution in [3.63, 3.8) is 0 Å². The van der Waals surface area contributed by atoms with E-state index in [9.17, 15) is 18.9 Å². The molecule has 0 aromatic heterocycles. The van der Waals surface area contributed by atoms with Gasteiger partial charge in [0.1, 0.15) is 5.82 Å². The monoisotopic (exact) mass is 312 g/mol. The van der Waals surface area contributed by atoms with Gasteiger partial charge in [-0.25, -0.2) is 4.39 Å². The van der Waals surface area contributed by atoms with Crippen molar-refractivity contribution in [2.75, 3.05) is 5.32 Å². The molecule has 0 aliphatic carbocycles. The summed E-state index contributed by atoms with van der Waals surface area (Å²) in [6.45, 7) is 1.81. The molecule has 0 aliphatic rings. The Kier molecular flexibility index (Phi) is 4.37. The molecule has 0 atom stereocenters. The number of nitro benzene ring substituents is 1. The lowest BCUT2D eigenvalue weighted by Crippen LogP contribution is -2.05. The molecule has 0 aliphatic heterocycles. The molecule has 2 aromatic carbocycles. The molecule has 0 saturated heterocycles. The first kappa shape index (κ1) is 15.2. The summed E-state index contributed by atoms with van der Waals surface area (Å²) < 4.78 is 26.9. The van der Waals surface area contributed by atoms with Crippen LogP contribution in [0.2, 0.25) is 5.02 Å². The summed E-state index contributed by atoms with van der Waals surface area (Å²) in [6.07, 6.45) is 0. The van der Waals surface area contributed by atoms with Crippen LogP contribution in [0.15, 0.2) is 30.3 Å². The molecule has 0 unspecified atom stereocenters. The Labute approximate surface area is 124 Å². The highest BCUT2D eigenvalue weighted by Crippen LogP contribution is 2.24. The first-order valence-electron chi connectivity index (χ1n) is 6.01. The Balaban J connectivity index is 2.23. The van der Waals surface area contributed by atoms with Crippen molar-refractivity contribution >= 4 is 23.0 Å².